The molecule has 1 aromatic rings. The van der Waals surface area contributed by atoms with Crippen LogP contribution in [0.25, 0.3) is 0 Å². The van der Waals surface area contributed by atoms with E-state index in [0.29, 0.717) is 6.54 Å². The van der Waals surface area contributed by atoms with Crippen LogP contribution >= 0.6 is 27.3 Å². The maximum Gasteiger partial charge on any atom is 0.228 e. The third-order valence-corrected chi connectivity index (χ3v) is 4.12. The average molecular weight is 305 g/mol. The standard InChI is InChI=1S/C11H17BrN2OS/c1-7(13)5-6-14-11(15)8(2)9-3-4-10(12)16-9/h3-4,7-8H,5-6,13H2,1-2H3,(H,14,15). The molecular weight excluding hydrogens is 288 g/mol. The molecule has 1 aromatic heterocycles. The lowest BCUT2D eigenvalue weighted by Gasteiger charge is -2.11. The van der Waals surface area contributed by atoms with Gasteiger partial charge in [-0.05, 0) is 48.3 Å². The summed E-state index contributed by atoms with van der Waals surface area (Å²) < 4.78 is 1.05. The van der Waals surface area contributed by atoms with Crippen LogP contribution in [-0.2, 0) is 4.79 Å². The van der Waals surface area contributed by atoms with E-state index in [2.05, 4.69) is 21.2 Å². The predicted octanol–water partition coefficient (Wildman–Crippen LogP) is 2.47. The first kappa shape index (κ1) is 13.7. The topological polar surface area (TPSA) is 55.1 Å². The number of nitrogens with one attached hydrogen (secondary N) is 1. The third kappa shape index (κ3) is 4.23. The molecule has 1 amide bonds. The SMILES string of the molecule is CC(N)CCNC(=O)C(C)c1ccc(Br)s1. The first-order valence-electron chi connectivity index (χ1n) is 5.29. The van der Waals surface area contributed by atoms with Gasteiger partial charge in [0.2, 0.25) is 5.91 Å². The Kier molecular flexibility index (Phi) is 5.44. The van der Waals surface area contributed by atoms with E-state index in [-0.39, 0.29) is 17.9 Å². The Hall–Kier alpha value is -0.390. The lowest BCUT2D eigenvalue weighted by atomic mass is 10.1. The van der Waals surface area contributed by atoms with Crippen molar-refractivity contribution < 1.29 is 4.79 Å². The monoisotopic (exact) mass is 304 g/mol. The number of halogens is 1. The molecule has 0 aliphatic rings. The Morgan fingerprint density at radius 2 is 2.25 bits per heavy atom. The second-order valence-corrected chi connectivity index (χ2v) is 6.42. The maximum atomic E-state index is 11.8. The zero-order chi connectivity index (χ0) is 12.1. The Balaban J connectivity index is 2.42. The summed E-state index contributed by atoms with van der Waals surface area (Å²) in [4.78, 5) is 12.8. The molecule has 2 atom stereocenters. The molecule has 5 heteroatoms. The van der Waals surface area contributed by atoms with Crippen LogP contribution in [0, 0.1) is 0 Å². The minimum Gasteiger partial charge on any atom is -0.355 e. The highest BCUT2D eigenvalue weighted by Crippen LogP contribution is 2.28. The Morgan fingerprint density at radius 1 is 1.56 bits per heavy atom. The lowest BCUT2D eigenvalue weighted by molar-refractivity contribution is -0.122. The summed E-state index contributed by atoms with van der Waals surface area (Å²) in [6.07, 6.45) is 0.812. The van der Waals surface area contributed by atoms with Crippen molar-refractivity contribution in [1.82, 2.24) is 5.32 Å². The van der Waals surface area contributed by atoms with Gasteiger partial charge in [-0.1, -0.05) is 0 Å². The quantitative estimate of drug-likeness (QED) is 0.878. The van der Waals surface area contributed by atoms with Gasteiger partial charge in [-0.2, -0.15) is 0 Å². The highest BCUT2D eigenvalue weighted by Gasteiger charge is 2.16. The number of amides is 1. The predicted molar refractivity (Wildman–Crippen MR) is 71.7 cm³/mol. The molecule has 0 bridgehead atoms. The van der Waals surface area contributed by atoms with E-state index in [1.54, 1.807) is 11.3 Å². The van der Waals surface area contributed by atoms with Crippen LogP contribution in [0.15, 0.2) is 15.9 Å². The molecule has 90 valence electrons. The van der Waals surface area contributed by atoms with Gasteiger partial charge in [0.15, 0.2) is 0 Å². The van der Waals surface area contributed by atoms with Crippen molar-refractivity contribution in [1.29, 1.82) is 0 Å². The minimum absolute atomic E-state index is 0.0648. The first-order valence-corrected chi connectivity index (χ1v) is 6.90. The molecule has 0 fully saturated rings. The van der Waals surface area contributed by atoms with Gasteiger partial charge < -0.3 is 11.1 Å². The molecule has 3 nitrogen and oxygen atoms in total. The smallest absolute Gasteiger partial charge is 0.228 e. The van der Waals surface area contributed by atoms with Crippen LogP contribution < -0.4 is 11.1 Å². The van der Waals surface area contributed by atoms with E-state index in [4.69, 9.17) is 5.73 Å². The van der Waals surface area contributed by atoms with Crippen molar-refractivity contribution in [3.05, 3.63) is 20.8 Å². The fourth-order valence-electron chi connectivity index (χ4n) is 1.27. The molecule has 0 radical (unpaired) electrons. The number of rotatable bonds is 5. The molecule has 1 rings (SSSR count). The molecule has 3 N–H and O–H groups in total. The summed E-state index contributed by atoms with van der Waals surface area (Å²) >= 11 is 4.99. The van der Waals surface area contributed by atoms with Crippen LogP contribution in [0.2, 0.25) is 0 Å². The molecule has 0 aliphatic carbocycles. The normalized spacial score (nSPS) is 14.5. The highest BCUT2D eigenvalue weighted by molar-refractivity contribution is 9.11. The van der Waals surface area contributed by atoms with Crippen molar-refractivity contribution in [3.8, 4) is 0 Å². The molecule has 0 saturated carbocycles. The lowest BCUT2D eigenvalue weighted by Crippen LogP contribution is -2.31. The van der Waals surface area contributed by atoms with Gasteiger partial charge in [0.25, 0.3) is 0 Å². The molecule has 1 heterocycles. The molecule has 0 saturated heterocycles. The summed E-state index contributed by atoms with van der Waals surface area (Å²) in [6.45, 7) is 4.50. The van der Waals surface area contributed by atoms with Crippen molar-refractivity contribution in [2.24, 2.45) is 5.73 Å². The fourth-order valence-corrected chi connectivity index (χ4v) is 2.74. The molecule has 16 heavy (non-hydrogen) atoms. The zero-order valence-electron chi connectivity index (χ0n) is 9.50. The van der Waals surface area contributed by atoms with Gasteiger partial charge in [0.05, 0.1) is 9.70 Å². The van der Waals surface area contributed by atoms with Gasteiger partial charge in [-0.25, -0.2) is 0 Å². The van der Waals surface area contributed by atoms with E-state index in [1.807, 2.05) is 26.0 Å². The van der Waals surface area contributed by atoms with Crippen LogP contribution in [0.3, 0.4) is 0 Å². The molecule has 0 aromatic carbocycles. The number of carbonyl (C=O) groups is 1. The fraction of sp³-hybridized carbons (Fsp3) is 0.545. The van der Waals surface area contributed by atoms with Gasteiger partial charge in [0.1, 0.15) is 0 Å². The Bertz CT molecular complexity index is 352. The highest BCUT2D eigenvalue weighted by atomic mass is 79.9. The van der Waals surface area contributed by atoms with Crippen LogP contribution in [-0.4, -0.2) is 18.5 Å². The Morgan fingerprint density at radius 3 is 2.75 bits per heavy atom. The second kappa shape index (κ2) is 6.37. The number of nitrogens with two attached hydrogens (primary N) is 1. The summed E-state index contributed by atoms with van der Waals surface area (Å²) in [5.41, 5.74) is 5.61. The van der Waals surface area contributed by atoms with E-state index in [9.17, 15) is 4.79 Å². The molecular formula is C11H17BrN2OS. The average Bonchev–Trinajstić information content (AvgIpc) is 2.63. The second-order valence-electron chi connectivity index (χ2n) is 3.92. The summed E-state index contributed by atoms with van der Waals surface area (Å²) in [7, 11) is 0. The van der Waals surface area contributed by atoms with E-state index in [0.717, 1.165) is 15.1 Å². The summed E-state index contributed by atoms with van der Waals surface area (Å²) in [5.74, 6) is -0.0284. The van der Waals surface area contributed by atoms with Crippen molar-refractivity contribution in [2.75, 3.05) is 6.54 Å². The number of carbonyl (C=O) groups excluding carboxylic acids is 1. The molecule has 0 aliphatic heterocycles. The minimum atomic E-state index is -0.0932. The van der Waals surface area contributed by atoms with E-state index >= 15 is 0 Å². The largest absolute Gasteiger partial charge is 0.355 e. The van der Waals surface area contributed by atoms with Gasteiger partial charge in [0, 0.05) is 17.5 Å². The molecule has 0 spiro atoms. The summed E-state index contributed by atoms with van der Waals surface area (Å²) in [6, 6.07) is 4.07. The van der Waals surface area contributed by atoms with Crippen LogP contribution in [0.1, 0.15) is 31.1 Å². The van der Waals surface area contributed by atoms with Gasteiger partial charge in [-0.15, -0.1) is 11.3 Å². The number of hydrogen-bond donors (Lipinski definition) is 2. The molecule has 2 unspecified atom stereocenters. The maximum absolute atomic E-state index is 11.8. The van der Waals surface area contributed by atoms with E-state index in [1.165, 1.54) is 0 Å². The van der Waals surface area contributed by atoms with Crippen LogP contribution in [0.5, 0.6) is 0 Å². The van der Waals surface area contributed by atoms with E-state index < -0.39 is 0 Å². The number of hydrogen-bond acceptors (Lipinski definition) is 3. The van der Waals surface area contributed by atoms with Crippen molar-refractivity contribution in [3.63, 3.8) is 0 Å². The van der Waals surface area contributed by atoms with Gasteiger partial charge in [-0.3, -0.25) is 4.79 Å². The van der Waals surface area contributed by atoms with Crippen LogP contribution in [0.4, 0.5) is 0 Å². The first-order chi connectivity index (χ1) is 7.50. The third-order valence-electron chi connectivity index (χ3n) is 2.31. The van der Waals surface area contributed by atoms with Gasteiger partial charge >= 0.3 is 0 Å². The number of thiophene rings is 1. The summed E-state index contributed by atoms with van der Waals surface area (Å²) in [5, 5.41) is 2.89. The Labute approximate surface area is 109 Å². The zero-order valence-corrected chi connectivity index (χ0v) is 11.9. The van der Waals surface area contributed by atoms with Crippen molar-refractivity contribution in [2.45, 2.75) is 32.2 Å². The van der Waals surface area contributed by atoms with Crippen molar-refractivity contribution >= 4 is 33.2 Å².